The third-order valence-corrected chi connectivity index (χ3v) is 6.70. The lowest BCUT2D eigenvalue weighted by atomic mass is 9.99. The number of carbonyl (C=O) groups excluding carboxylic acids is 1. The predicted molar refractivity (Wildman–Crippen MR) is 132 cm³/mol. The number of aromatic nitrogens is 3. The first-order chi connectivity index (χ1) is 16.6. The lowest BCUT2D eigenvalue weighted by Crippen LogP contribution is -2.30. The van der Waals surface area contributed by atoms with Crippen molar-refractivity contribution in [2.24, 2.45) is 0 Å². The highest BCUT2D eigenvalue weighted by Crippen LogP contribution is 2.33. The monoisotopic (exact) mass is 455 g/mol. The number of hydrogen-bond donors (Lipinski definition) is 2. The van der Waals surface area contributed by atoms with Gasteiger partial charge < -0.3 is 15.7 Å². The van der Waals surface area contributed by atoms with Gasteiger partial charge in [0, 0.05) is 43.4 Å². The molecule has 7 nitrogen and oxygen atoms in total. The molecular formula is C27H29N5O2. The molecule has 0 unspecified atom stereocenters. The van der Waals surface area contributed by atoms with E-state index in [9.17, 15) is 9.90 Å². The maximum atomic E-state index is 12.2. The van der Waals surface area contributed by atoms with Gasteiger partial charge >= 0.3 is 0 Å². The number of carbonyl (C=O) groups is 1. The SMILES string of the molecule is CC[C@H](CN1CCCC1=O)c1nc(-c2ccc([C@H](O)c3ccccc3)cc2)c2c(N)nccn12. The van der Waals surface area contributed by atoms with Crippen LogP contribution in [0.2, 0.25) is 0 Å². The Kier molecular flexibility index (Phi) is 6.02. The number of amides is 1. The zero-order valence-corrected chi connectivity index (χ0v) is 19.3. The molecule has 1 amide bonds. The van der Waals surface area contributed by atoms with Gasteiger partial charge in [0.1, 0.15) is 29.0 Å². The first-order valence-electron chi connectivity index (χ1n) is 11.8. The van der Waals surface area contributed by atoms with Crippen molar-refractivity contribution in [3.8, 4) is 11.3 Å². The fraction of sp³-hybridized carbons (Fsp3) is 0.296. The van der Waals surface area contributed by atoms with E-state index in [1.165, 1.54) is 0 Å². The van der Waals surface area contributed by atoms with Gasteiger partial charge in [-0.15, -0.1) is 0 Å². The van der Waals surface area contributed by atoms with E-state index in [0.717, 1.165) is 53.1 Å². The molecule has 3 heterocycles. The first kappa shape index (κ1) is 22.1. The third-order valence-electron chi connectivity index (χ3n) is 6.70. The number of hydrogen-bond acceptors (Lipinski definition) is 5. The summed E-state index contributed by atoms with van der Waals surface area (Å²) in [7, 11) is 0. The number of benzene rings is 2. The molecule has 2 aromatic carbocycles. The number of fused-ring (bicyclic) bond motifs is 1. The number of likely N-dealkylation sites (tertiary alicyclic amines) is 1. The van der Waals surface area contributed by atoms with Crippen LogP contribution in [0.4, 0.5) is 5.82 Å². The molecule has 1 fully saturated rings. The van der Waals surface area contributed by atoms with Crippen molar-refractivity contribution >= 4 is 17.2 Å². The molecule has 1 saturated heterocycles. The van der Waals surface area contributed by atoms with Crippen LogP contribution in [0.25, 0.3) is 16.8 Å². The molecule has 7 heteroatoms. The van der Waals surface area contributed by atoms with Gasteiger partial charge in [0.25, 0.3) is 0 Å². The molecule has 4 aromatic rings. The summed E-state index contributed by atoms with van der Waals surface area (Å²) in [5, 5.41) is 10.8. The van der Waals surface area contributed by atoms with Crippen LogP contribution in [0.5, 0.6) is 0 Å². The van der Waals surface area contributed by atoms with E-state index >= 15 is 0 Å². The van der Waals surface area contributed by atoms with E-state index < -0.39 is 6.10 Å². The minimum atomic E-state index is -0.696. The van der Waals surface area contributed by atoms with Crippen molar-refractivity contribution in [1.82, 2.24) is 19.3 Å². The molecule has 34 heavy (non-hydrogen) atoms. The normalized spacial score (nSPS) is 15.7. The van der Waals surface area contributed by atoms with E-state index in [0.29, 0.717) is 18.8 Å². The van der Waals surface area contributed by atoms with Crippen molar-refractivity contribution in [2.75, 3.05) is 18.8 Å². The summed E-state index contributed by atoms with van der Waals surface area (Å²) in [4.78, 5) is 23.5. The molecule has 3 N–H and O–H groups in total. The van der Waals surface area contributed by atoms with Gasteiger partial charge in [0.15, 0.2) is 0 Å². The third kappa shape index (κ3) is 4.03. The number of rotatable bonds is 7. The molecule has 174 valence electrons. The summed E-state index contributed by atoms with van der Waals surface area (Å²) in [5.74, 6) is 1.60. The summed E-state index contributed by atoms with van der Waals surface area (Å²) in [6.07, 6.45) is 5.28. The number of nitrogens with two attached hydrogens (primary N) is 1. The van der Waals surface area contributed by atoms with Gasteiger partial charge in [-0.25, -0.2) is 9.97 Å². The Bertz CT molecular complexity index is 1300. The summed E-state index contributed by atoms with van der Waals surface area (Å²) >= 11 is 0. The fourth-order valence-corrected chi connectivity index (χ4v) is 4.78. The number of aliphatic hydroxyl groups excluding tert-OH is 1. The van der Waals surface area contributed by atoms with Crippen molar-refractivity contribution in [3.05, 3.63) is 83.9 Å². The van der Waals surface area contributed by atoms with Gasteiger partial charge in [0.05, 0.1) is 0 Å². The highest BCUT2D eigenvalue weighted by Gasteiger charge is 2.27. The lowest BCUT2D eigenvalue weighted by molar-refractivity contribution is -0.127. The average molecular weight is 456 g/mol. The zero-order valence-electron chi connectivity index (χ0n) is 19.3. The smallest absolute Gasteiger partial charge is 0.222 e. The standard InChI is InChI=1S/C27H29N5O2/c1-2-18(17-31-15-6-9-22(31)33)27-30-23(24-26(28)29-14-16-32(24)27)19-10-12-21(13-11-19)25(34)20-7-4-3-5-8-20/h3-5,7-8,10-14,16,18,25,34H,2,6,9,15,17H2,1H3,(H2,28,29)/t18-,25-/m1/s1. The molecule has 0 bridgehead atoms. The Balaban J connectivity index is 1.52. The van der Waals surface area contributed by atoms with Gasteiger partial charge in [-0.3, -0.25) is 9.20 Å². The largest absolute Gasteiger partial charge is 0.384 e. The van der Waals surface area contributed by atoms with Gasteiger partial charge in [0.2, 0.25) is 5.91 Å². The number of nitrogens with zero attached hydrogens (tertiary/aromatic N) is 4. The van der Waals surface area contributed by atoms with Crippen LogP contribution in [0.15, 0.2) is 67.0 Å². The maximum absolute atomic E-state index is 12.2. The molecule has 0 aliphatic carbocycles. The van der Waals surface area contributed by atoms with E-state index in [2.05, 4.69) is 11.9 Å². The molecule has 1 aliphatic rings. The Hall–Kier alpha value is -3.71. The van der Waals surface area contributed by atoms with Crippen molar-refractivity contribution in [1.29, 1.82) is 0 Å². The number of imidazole rings is 1. The van der Waals surface area contributed by atoms with Crippen LogP contribution in [-0.4, -0.2) is 43.4 Å². The molecule has 5 rings (SSSR count). The molecule has 2 aromatic heterocycles. The van der Waals surface area contributed by atoms with Crippen LogP contribution in [0.1, 0.15) is 55.2 Å². The Morgan fingerprint density at radius 3 is 2.50 bits per heavy atom. The number of anilines is 1. The van der Waals surface area contributed by atoms with Gasteiger partial charge in [-0.2, -0.15) is 0 Å². The average Bonchev–Trinajstić information content (AvgIpc) is 3.47. The molecule has 0 saturated carbocycles. The highest BCUT2D eigenvalue weighted by molar-refractivity contribution is 5.85. The van der Waals surface area contributed by atoms with Crippen LogP contribution in [0.3, 0.4) is 0 Å². The van der Waals surface area contributed by atoms with Gasteiger partial charge in [-0.1, -0.05) is 61.5 Å². The number of aliphatic hydroxyl groups is 1. The Morgan fingerprint density at radius 2 is 1.82 bits per heavy atom. The minimum absolute atomic E-state index is 0.0873. The van der Waals surface area contributed by atoms with E-state index in [4.69, 9.17) is 10.7 Å². The van der Waals surface area contributed by atoms with Crippen molar-refractivity contribution in [3.63, 3.8) is 0 Å². The molecule has 0 spiro atoms. The van der Waals surface area contributed by atoms with Crippen LogP contribution < -0.4 is 5.73 Å². The summed E-state index contributed by atoms with van der Waals surface area (Å²) in [5.41, 5.74) is 10.4. The van der Waals surface area contributed by atoms with Crippen molar-refractivity contribution < 1.29 is 9.90 Å². The van der Waals surface area contributed by atoms with Crippen LogP contribution in [0, 0.1) is 0 Å². The summed E-state index contributed by atoms with van der Waals surface area (Å²) in [6.45, 7) is 3.58. The Morgan fingerprint density at radius 1 is 1.09 bits per heavy atom. The second-order valence-electron chi connectivity index (χ2n) is 8.83. The number of nitrogen functional groups attached to an aromatic ring is 1. The lowest BCUT2D eigenvalue weighted by Gasteiger charge is -2.22. The van der Waals surface area contributed by atoms with E-state index in [1.54, 1.807) is 6.20 Å². The topological polar surface area (TPSA) is 96.8 Å². The maximum Gasteiger partial charge on any atom is 0.222 e. The first-order valence-corrected chi connectivity index (χ1v) is 11.8. The summed E-state index contributed by atoms with van der Waals surface area (Å²) < 4.78 is 2.01. The second-order valence-corrected chi connectivity index (χ2v) is 8.83. The molecule has 2 atom stereocenters. The Labute approximate surface area is 198 Å². The van der Waals surface area contributed by atoms with E-state index in [1.807, 2.05) is 70.1 Å². The van der Waals surface area contributed by atoms with Gasteiger partial charge in [-0.05, 0) is 24.0 Å². The van der Waals surface area contributed by atoms with Crippen molar-refractivity contribution in [2.45, 2.75) is 38.2 Å². The predicted octanol–water partition coefficient (Wildman–Crippen LogP) is 4.18. The molecule has 1 aliphatic heterocycles. The van der Waals surface area contributed by atoms with Crippen LogP contribution in [-0.2, 0) is 4.79 Å². The minimum Gasteiger partial charge on any atom is -0.384 e. The molecule has 0 radical (unpaired) electrons. The summed E-state index contributed by atoms with van der Waals surface area (Å²) in [6, 6.07) is 17.4. The zero-order chi connectivity index (χ0) is 23.7. The quantitative estimate of drug-likeness (QED) is 0.436. The second kappa shape index (κ2) is 9.27. The highest BCUT2D eigenvalue weighted by atomic mass is 16.3. The van der Waals surface area contributed by atoms with E-state index in [-0.39, 0.29) is 11.8 Å². The molecular weight excluding hydrogens is 426 g/mol. The van der Waals surface area contributed by atoms with Crippen LogP contribution >= 0.6 is 0 Å². The fourth-order valence-electron chi connectivity index (χ4n) is 4.78.